The zero-order valence-corrected chi connectivity index (χ0v) is 15.2. The molecule has 1 amide bonds. The number of hydrogen-bond donors (Lipinski definition) is 1. The Kier molecular flexibility index (Phi) is 4.61. The molecule has 0 aromatic rings. The quantitative estimate of drug-likeness (QED) is 0.830. The van der Waals surface area contributed by atoms with Crippen LogP contribution in [0.15, 0.2) is 0 Å². The maximum Gasteiger partial charge on any atom is 0.232 e. The Bertz CT molecular complexity index is 469. The minimum Gasteiger partial charge on any atom is -0.380 e. The minimum atomic E-state index is -0.281. The van der Waals surface area contributed by atoms with E-state index in [0.717, 1.165) is 52.0 Å². The maximum absolute atomic E-state index is 13.3. The molecule has 0 aromatic carbocycles. The largest absolute Gasteiger partial charge is 0.380 e. The van der Waals surface area contributed by atoms with Crippen LogP contribution < -0.4 is 5.32 Å². The average molecular weight is 335 g/mol. The fourth-order valence-electron chi connectivity index (χ4n) is 5.40. The van der Waals surface area contributed by atoms with Crippen molar-refractivity contribution in [2.24, 2.45) is 11.3 Å². The van der Waals surface area contributed by atoms with E-state index < -0.39 is 0 Å². The molecular formula is C19H33N3O2. The van der Waals surface area contributed by atoms with Crippen LogP contribution in [-0.2, 0) is 9.53 Å². The summed E-state index contributed by atoms with van der Waals surface area (Å²) in [6.45, 7) is 9.95. The minimum absolute atomic E-state index is 0.281. The molecule has 0 aliphatic carbocycles. The normalized spacial score (nSPS) is 37.2. The van der Waals surface area contributed by atoms with Crippen LogP contribution in [0.25, 0.3) is 0 Å². The standard InChI is InChI=1S/C19H33N3O2/c1-18(22-8-3-2-4-9-22)6-10-21(11-7-18)17(23)19-14-20-13-16(19)5-12-24-15-19/h16,20H,2-15H2,1H3/t16-,19+/m1/s1. The third-order valence-electron chi connectivity index (χ3n) is 7.26. The average Bonchev–Trinajstić information content (AvgIpc) is 3.08. The fraction of sp³-hybridized carbons (Fsp3) is 0.947. The summed E-state index contributed by atoms with van der Waals surface area (Å²) >= 11 is 0. The van der Waals surface area contributed by atoms with Crippen LogP contribution in [0, 0.1) is 11.3 Å². The van der Waals surface area contributed by atoms with Crippen molar-refractivity contribution < 1.29 is 9.53 Å². The predicted octanol–water partition coefficient (Wildman–Crippen LogP) is 1.48. The molecule has 4 saturated heterocycles. The second-order valence-electron chi connectivity index (χ2n) is 8.66. The van der Waals surface area contributed by atoms with E-state index in [2.05, 4.69) is 22.0 Å². The molecule has 2 atom stereocenters. The van der Waals surface area contributed by atoms with Gasteiger partial charge in [0.05, 0.1) is 12.0 Å². The maximum atomic E-state index is 13.3. The lowest BCUT2D eigenvalue weighted by molar-refractivity contribution is -0.155. The van der Waals surface area contributed by atoms with Gasteiger partial charge < -0.3 is 15.0 Å². The second-order valence-corrected chi connectivity index (χ2v) is 8.66. The number of amides is 1. The van der Waals surface area contributed by atoms with Crippen LogP contribution >= 0.6 is 0 Å². The third kappa shape index (κ3) is 2.78. The summed E-state index contributed by atoms with van der Waals surface area (Å²) in [4.78, 5) is 18.2. The number of piperidine rings is 2. The number of ether oxygens (including phenoxy) is 1. The van der Waals surface area contributed by atoms with Gasteiger partial charge in [-0.05, 0) is 64.6 Å². The zero-order chi connectivity index (χ0) is 16.6. The number of carbonyl (C=O) groups excluding carboxylic acids is 1. The third-order valence-corrected chi connectivity index (χ3v) is 7.26. The van der Waals surface area contributed by atoms with Crippen molar-refractivity contribution in [3.63, 3.8) is 0 Å². The number of nitrogens with zero attached hydrogens (tertiary/aromatic N) is 2. The molecule has 4 fully saturated rings. The van der Waals surface area contributed by atoms with E-state index in [1.807, 2.05) is 0 Å². The molecule has 4 aliphatic heterocycles. The molecule has 0 spiro atoms. The summed E-state index contributed by atoms with van der Waals surface area (Å²) in [7, 11) is 0. The van der Waals surface area contributed by atoms with Crippen molar-refractivity contribution in [3.05, 3.63) is 0 Å². The molecular weight excluding hydrogens is 302 g/mol. The van der Waals surface area contributed by atoms with Gasteiger partial charge in [0.25, 0.3) is 0 Å². The predicted molar refractivity (Wildman–Crippen MR) is 93.9 cm³/mol. The highest BCUT2D eigenvalue weighted by molar-refractivity contribution is 5.84. The number of hydrogen-bond acceptors (Lipinski definition) is 4. The Labute approximate surface area is 146 Å². The zero-order valence-electron chi connectivity index (χ0n) is 15.2. The number of carbonyl (C=O) groups is 1. The van der Waals surface area contributed by atoms with Crippen molar-refractivity contribution >= 4 is 5.91 Å². The van der Waals surface area contributed by atoms with Gasteiger partial charge in [-0.15, -0.1) is 0 Å². The Morgan fingerprint density at radius 2 is 1.88 bits per heavy atom. The lowest BCUT2D eigenvalue weighted by Crippen LogP contribution is -2.59. The van der Waals surface area contributed by atoms with Gasteiger partial charge in [0.2, 0.25) is 5.91 Å². The molecule has 136 valence electrons. The summed E-state index contributed by atoms with van der Waals surface area (Å²) in [6, 6.07) is 0. The molecule has 0 unspecified atom stereocenters. The summed E-state index contributed by atoms with van der Waals surface area (Å²) in [5.41, 5.74) is 0.0162. The van der Waals surface area contributed by atoms with Crippen LogP contribution in [0.3, 0.4) is 0 Å². The summed E-state index contributed by atoms with van der Waals surface area (Å²) < 4.78 is 5.74. The van der Waals surface area contributed by atoms with Crippen LogP contribution in [0.4, 0.5) is 0 Å². The Hall–Kier alpha value is -0.650. The fourth-order valence-corrected chi connectivity index (χ4v) is 5.40. The Balaban J connectivity index is 1.41. The lowest BCUT2D eigenvalue weighted by atomic mass is 9.73. The monoisotopic (exact) mass is 335 g/mol. The molecule has 0 radical (unpaired) electrons. The van der Waals surface area contributed by atoms with Crippen LogP contribution in [-0.4, -0.2) is 73.7 Å². The molecule has 0 aromatic heterocycles. The van der Waals surface area contributed by atoms with E-state index in [1.54, 1.807) is 0 Å². The molecule has 4 aliphatic rings. The van der Waals surface area contributed by atoms with E-state index in [0.29, 0.717) is 24.0 Å². The van der Waals surface area contributed by atoms with Crippen molar-refractivity contribution in [2.45, 2.75) is 51.0 Å². The van der Waals surface area contributed by atoms with Gasteiger partial charge in [-0.2, -0.15) is 0 Å². The topological polar surface area (TPSA) is 44.8 Å². The van der Waals surface area contributed by atoms with Crippen LogP contribution in [0.2, 0.25) is 0 Å². The summed E-state index contributed by atoms with van der Waals surface area (Å²) in [6.07, 6.45) is 7.33. The smallest absolute Gasteiger partial charge is 0.232 e. The van der Waals surface area contributed by atoms with Crippen LogP contribution in [0.1, 0.15) is 45.4 Å². The molecule has 1 N–H and O–H groups in total. The van der Waals surface area contributed by atoms with E-state index >= 15 is 0 Å². The molecule has 4 heterocycles. The van der Waals surface area contributed by atoms with Crippen LogP contribution in [0.5, 0.6) is 0 Å². The number of fused-ring (bicyclic) bond motifs is 1. The van der Waals surface area contributed by atoms with Gasteiger partial charge in [0.1, 0.15) is 0 Å². The van der Waals surface area contributed by atoms with Gasteiger partial charge in [-0.1, -0.05) is 6.42 Å². The Morgan fingerprint density at radius 3 is 2.62 bits per heavy atom. The molecule has 0 saturated carbocycles. The van der Waals surface area contributed by atoms with Gasteiger partial charge in [-0.25, -0.2) is 0 Å². The summed E-state index contributed by atoms with van der Waals surface area (Å²) in [5, 5.41) is 3.46. The highest BCUT2D eigenvalue weighted by Crippen LogP contribution is 2.41. The highest BCUT2D eigenvalue weighted by atomic mass is 16.5. The van der Waals surface area contributed by atoms with Gasteiger partial charge in [0, 0.05) is 31.8 Å². The van der Waals surface area contributed by atoms with Crippen molar-refractivity contribution in [3.8, 4) is 0 Å². The number of likely N-dealkylation sites (tertiary alicyclic amines) is 2. The second kappa shape index (κ2) is 6.58. The molecule has 0 bridgehead atoms. The van der Waals surface area contributed by atoms with Gasteiger partial charge in [0.15, 0.2) is 0 Å². The van der Waals surface area contributed by atoms with E-state index in [9.17, 15) is 4.79 Å². The van der Waals surface area contributed by atoms with Crippen molar-refractivity contribution in [1.82, 2.24) is 15.1 Å². The SMILES string of the molecule is CC1(N2CCCCC2)CCN(C(=O)[C@]23CNC[C@H]2CCOC3)CC1. The first-order valence-corrected chi connectivity index (χ1v) is 9.97. The molecule has 5 heteroatoms. The first kappa shape index (κ1) is 16.8. The van der Waals surface area contributed by atoms with Gasteiger partial charge in [-0.3, -0.25) is 9.69 Å². The lowest BCUT2D eigenvalue weighted by Gasteiger charge is -2.50. The molecule has 4 rings (SSSR count). The highest BCUT2D eigenvalue weighted by Gasteiger charge is 2.53. The molecule has 5 nitrogen and oxygen atoms in total. The Morgan fingerprint density at radius 1 is 1.12 bits per heavy atom. The van der Waals surface area contributed by atoms with E-state index in [1.165, 1.54) is 32.4 Å². The van der Waals surface area contributed by atoms with Crippen molar-refractivity contribution in [1.29, 1.82) is 0 Å². The van der Waals surface area contributed by atoms with Crippen molar-refractivity contribution in [2.75, 3.05) is 52.5 Å². The van der Waals surface area contributed by atoms with Gasteiger partial charge >= 0.3 is 0 Å². The summed E-state index contributed by atoms with van der Waals surface area (Å²) in [5.74, 6) is 0.826. The first-order valence-electron chi connectivity index (χ1n) is 9.97. The first-order chi connectivity index (χ1) is 11.6. The number of rotatable bonds is 2. The number of nitrogens with one attached hydrogen (secondary N) is 1. The van der Waals surface area contributed by atoms with E-state index in [-0.39, 0.29) is 5.41 Å². The van der Waals surface area contributed by atoms with E-state index in [4.69, 9.17) is 4.74 Å². The molecule has 24 heavy (non-hydrogen) atoms.